The summed E-state index contributed by atoms with van der Waals surface area (Å²) in [6, 6.07) is 12.7. The molecule has 33 heavy (non-hydrogen) atoms. The summed E-state index contributed by atoms with van der Waals surface area (Å²) < 4.78 is 45.5. The van der Waals surface area contributed by atoms with Crippen molar-refractivity contribution in [3.05, 3.63) is 71.5 Å². The number of nitrogens with one attached hydrogen (secondary N) is 1. The van der Waals surface area contributed by atoms with Crippen molar-refractivity contribution in [2.75, 3.05) is 36.6 Å². The molecule has 1 aliphatic rings. The van der Waals surface area contributed by atoms with Gasteiger partial charge in [0.05, 0.1) is 24.6 Å². The fraction of sp³-hybridized carbons (Fsp3) is 0.304. The molecule has 2 heterocycles. The molecule has 1 fully saturated rings. The molecule has 2 aromatic carbocycles. The number of nitrogens with zero attached hydrogens (tertiary/aromatic N) is 3. The van der Waals surface area contributed by atoms with Crippen LogP contribution >= 0.6 is 11.8 Å². The lowest BCUT2D eigenvalue weighted by molar-refractivity contribution is -0.137. The zero-order valence-electron chi connectivity index (χ0n) is 17.9. The molecule has 174 valence electrons. The normalized spacial score (nSPS) is 14.2. The van der Waals surface area contributed by atoms with Gasteiger partial charge in [-0.3, -0.25) is 4.79 Å². The third-order valence-corrected chi connectivity index (χ3v) is 6.26. The van der Waals surface area contributed by atoms with Crippen LogP contribution in [0.15, 0.2) is 54.7 Å². The van der Waals surface area contributed by atoms with Crippen molar-refractivity contribution in [2.24, 2.45) is 0 Å². The Morgan fingerprint density at radius 1 is 1.12 bits per heavy atom. The molecular formula is C23H23F3N4O2S. The monoisotopic (exact) mass is 476 g/mol. The number of aromatic nitrogens is 2. The maximum Gasteiger partial charge on any atom is 0.416 e. The Labute approximate surface area is 193 Å². The molecule has 0 spiro atoms. The molecule has 0 atom stereocenters. The first-order valence-corrected chi connectivity index (χ1v) is 11.5. The summed E-state index contributed by atoms with van der Waals surface area (Å²) in [6.45, 7) is 2.33. The van der Waals surface area contributed by atoms with Crippen molar-refractivity contribution in [3.63, 3.8) is 0 Å². The lowest BCUT2D eigenvalue weighted by Gasteiger charge is -2.28. The fourth-order valence-corrected chi connectivity index (χ4v) is 4.44. The van der Waals surface area contributed by atoms with Crippen LogP contribution in [0.3, 0.4) is 0 Å². The van der Waals surface area contributed by atoms with Crippen LogP contribution in [0.4, 0.5) is 18.9 Å². The number of anilines is 1. The SMILES string of the molecule is COc1cn(-c2cccc(C(F)(F)F)c2)nc1C(=O)NCc1ccc(N2CCSCC2)cc1. The molecule has 0 radical (unpaired) electrons. The Bertz CT molecular complexity index is 1110. The number of ether oxygens (including phenoxy) is 1. The van der Waals surface area contributed by atoms with E-state index < -0.39 is 17.6 Å². The van der Waals surface area contributed by atoms with Gasteiger partial charge >= 0.3 is 6.18 Å². The largest absolute Gasteiger partial charge is 0.493 e. The molecular weight excluding hydrogens is 453 g/mol. The zero-order chi connectivity index (χ0) is 23.4. The third kappa shape index (κ3) is 5.44. The highest BCUT2D eigenvalue weighted by atomic mass is 32.2. The number of carbonyl (C=O) groups excluding carboxylic acids is 1. The number of benzene rings is 2. The van der Waals surface area contributed by atoms with Gasteiger partial charge in [-0.25, -0.2) is 4.68 Å². The number of halogens is 3. The second-order valence-electron chi connectivity index (χ2n) is 7.49. The minimum atomic E-state index is -4.48. The number of methoxy groups -OCH3 is 1. The standard InChI is InChI=1S/C23H23F3N4O2S/c1-32-20-15-30(19-4-2-3-17(13-19)23(24,25)26)28-21(20)22(31)27-14-16-5-7-18(8-6-16)29-9-11-33-12-10-29/h2-8,13,15H,9-12,14H2,1H3,(H,27,31). The first-order valence-electron chi connectivity index (χ1n) is 10.4. The molecule has 1 amide bonds. The summed E-state index contributed by atoms with van der Waals surface area (Å²) in [4.78, 5) is 15.1. The lowest BCUT2D eigenvalue weighted by atomic mass is 10.2. The number of rotatable bonds is 6. The van der Waals surface area contributed by atoms with E-state index in [4.69, 9.17) is 4.74 Å². The van der Waals surface area contributed by atoms with E-state index in [1.165, 1.54) is 30.1 Å². The molecule has 1 N–H and O–H groups in total. The number of thioether (sulfide) groups is 1. The van der Waals surface area contributed by atoms with Crippen molar-refractivity contribution >= 4 is 23.4 Å². The molecule has 1 saturated heterocycles. The summed E-state index contributed by atoms with van der Waals surface area (Å²) in [6.07, 6.45) is -3.09. The van der Waals surface area contributed by atoms with Gasteiger partial charge < -0.3 is 15.0 Å². The average molecular weight is 477 g/mol. The van der Waals surface area contributed by atoms with E-state index in [-0.39, 0.29) is 23.7 Å². The van der Waals surface area contributed by atoms with Crippen molar-refractivity contribution in [2.45, 2.75) is 12.7 Å². The van der Waals surface area contributed by atoms with Gasteiger partial charge in [0.2, 0.25) is 0 Å². The van der Waals surface area contributed by atoms with Crippen LogP contribution in [0, 0.1) is 0 Å². The summed E-state index contributed by atoms with van der Waals surface area (Å²) in [5.41, 5.74) is 1.46. The van der Waals surface area contributed by atoms with Gasteiger partial charge in [-0.1, -0.05) is 18.2 Å². The molecule has 4 rings (SSSR count). The number of carbonyl (C=O) groups is 1. The van der Waals surface area contributed by atoms with E-state index >= 15 is 0 Å². The number of hydrogen-bond acceptors (Lipinski definition) is 5. The van der Waals surface area contributed by atoms with Crippen LogP contribution < -0.4 is 15.0 Å². The van der Waals surface area contributed by atoms with Crippen molar-refractivity contribution in [3.8, 4) is 11.4 Å². The lowest BCUT2D eigenvalue weighted by Crippen LogP contribution is -2.32. The number of alkyl halides is 3. The highest BCUT2D eigenvalue weighted by Crippen LogP contribution is 2.31. The van der Waals surface area contributed by atoms with E-state index in [0.29, 0.717) is 0 Å². The third-order valence-electron chi connectivity index (χ3n) is 5.32. The predicted octanol–water partition coefficient (Wildman–Crippen LogP) is 4.38. The van der Waals surface area contributed by atoms with Crippen LogP contribution in [0.1, 0.15) is 21.6 Å². The molecule has 0 unspecified atom stereocenters. The highest BCUT2D eigenvalue weighted by molar-refractivity contribution is 7.99. The van der Waals surface area contributed by atoms with Crippen molar-refractivity contribution < 1.29 is 22.7 Å². The Morgan fingerprint density at radius 3 is 2.52 bits per heavy atom. The summed E-state index contributed by atoms with van der Waals surface area (Å²) in [5.74, 6) is 1.93. The fourth-order valence-electron chi connectivity index (χ4n) is 3.53. The maximum absolute atomic E-state index is 13.0. The molecule has 1 aliphatic heterocycles. The number of amides is 1. The van der Waals surface area contributed by atoms with E-state index in [1.54, 1.807) is 0 Å². The summed E-state index contributed by atoms with van der Waals surface area (Å²) >= 11 is 1.95. The predicted molar refractivity (Wildman–Crippen MR) is 122 cm³/mol. The van der Waals surface area contributed by atoms with Gasteiger partial charge in [0, 0.05) is 36.8 Å². The molecule has 0 bridgehead atoms. The molecule has 6 nitrogen and oxygen atoms in total. The topological polar surface area (TPSA) is 59.4 Å². The second kappa shape index (κ2) is 9.78. The van der Waals surface area contributed by atoms with E-state index in [1.807, 2.05) is 36.0 Å². The van der Waals surface area contributed by atoms with Crippen molar-refractivity contribution in [1.29, 1.82) is 0 Å². The minimum absolute atomic E-state index is 0.00245. The van der Waals surface area contributed by atoms with Crippen LogP contribution in [0.2, 0.25) is 0 Å². The van der Waals surface area contributed by atoms with E-state index in [2.05, 4.69) is 15.3 Å². The minimum Gasteiger partial charge on any atom is -0.493 e. The zero-order valence-corrected chi connectivity index (χ0v) is 18.7. The van der Waals surface area contributed by atoms with Crippen LogP contribution in [-0.2, 0) is 12.7 Å². The van der Waals surface area contributed by atoms with E-state index in [9.17, 15) is 18.0 Å². The second-order valence-corrected chi connectivity index (χ2v) is 8.71. The first-order chi connectivity index (χ1) is 15.8. The van der Waals surface area contributed by atoms with Gasteiger partial charge in [0.25, 0.3) is 5.91 Å². The Balaban J connectivity index is 1.45. The maximum atomic E-state index is 13.0. The molecule has 1 aromatic heterocycles. The Morgan fingerprint density at radius 2 is 1.85 bits per heavy atom. The highest BCUT2D eigenvalue weighted by Gasteiger charge is 2.30. The van der Waals surface area contributed by atoms with E-state index in [0.717, 1.165) is 48.0 Å². The van der Waals surface area contributed by atoms with Gasteiger partial charge in [0.15, 0.2) is 11.4 Å². The molecule has 10 heteroatoms. The molecule has 0 saturated carbocycles. The van der Waals surface area contributed by atoms with Crippen LogP contribution in [-0.4, -0.2) is 47.4 Å². The van der Waals surface area contributed by atoms with Crippen LogP contribution in [0.5, 0.6) is 5.75 Å². The van der Waals surface area contributed by atoms with Crippen LogP contribution in [0.25, 0.3) is 5.69 Å². The summed E-state index contributed by atoms with van der Waals surface area (Å²) in [7, 11) is 1.38. The molecule has 3 aromatic rings. The molecule has 0 aliphatic carbocycles. The van der Waals surface area contributed by atoms with Gasteiger partial charge in [-0.2, -0.15) is 30.0 Å². The Hall–Kier alpha value is -3.14. The van der Waals surface area contributed by atoms with Gasteiger partial charge in [0.1, 0.15) is 0 Å². The quantitative estimate of drug-likeness (QED) is 0.572. The summed E-state index contributed by atoms with van der Waals surface area (Å²) in [5, 5.41) is 6.96. The smallest absolute Gasteiger partial charge is 0.416 e. The Kier molecular flexibility index (Phi) is 6.83. The van der Waals surface area contributed by atoms with Crippen molar-refractivity contribution in [1.82, 2.24) is 15.1 Å². The average Bonchev–Trinajstić information content (AvgIpc) is 3.28. The van der Waals surface area contributed by atoms with Gasteiger partial charge in [-0.05, 0) is 35.9 Å². The first kappa shape index (κ1) is 23.0. The van der Waals surface area contributed by atoms with Gasteiger partial charge in [-0.15, -0.1) is 0 Å². The number of hydrogen-bond donors (Lipinski definition) is 1.